The summed E-state index contributed by atoms with van der Waals surface area (Å²) in [6.07, 6.45) is 0.479. The number of benzene rings is 1. The van der Waals surface area contributed by atoms with Gasteiger partial charge in [-0.1, -0.05) is 43.1 Å². The Morgan fingerprint density at radius 3 is 1.68 bits per heavy atom. The molecule has 2 unspecified atom stereocenters. The molecular formula is C28H40Cl2O8. The summed E-state index contributed by atoms with van der Waals surface area (Å²) in [6.45, 7) is 15.0. The summed E-state index contributed by atoms with van der Waals surface area (Å²) in [6, 6.07) is 4.54. The molecular weight excluding hydrogens is 535 g/mol. The van der Waals surface area contributed by atoms with Gasteiger partial charge >= 0.3 is 23.9 Å². The third-order valence-corrected chi connectivity index (χ3v) is 5.98. The van der Waals surface area contributed by atoms with Crippen LogP contribution in [0, 0.1) is 5.92 Å². The molecule has 0 aliphatic heterocycles. The molecule has 0 fully saturated rings. The van der Waals surface area contributed by atoms with E-state index in [0.717, 1.165) is 0 Å². The summed E-state index contributed by atoms with van der Waals surface area (Å²) >= 11 is 12.3. The van der Waals surface area contributed by atoms with Crippen LogP contribution in [0.2, 0.25) is 10.0 Å². The van der Waals surface area contributed by atoms with Crippen molar-refractivity contribution >= 4 is 47.1 Å². The first-order valence-electron chi connectivity index (χ1n) is 12.6. The second kappa shape index (κ2) is 13.7. The zero-order valence-corrected chi connectivity index (χ0v) is 25.2. The van der Waals surface area contributed by atoms with Crippen molar-refractivity contribution in [3.8, 4) is 0 Å². The van der Waals surface area contributed by atoms with Crippen molar-refractivity contribution < 1.29 is 38.1 Å². The molecule has 0 aliphatic carbocycles. The van der Waals surface area contributed by atoms with Gasteiger partial charge < -0.3 is 18.9 Å². The average Bonchev–Trinajstić information content (AvgIpc) is 2.72. The van der Waals surface area contributed by atoms with Crippen LogP contribution in [-0.2, 0) is 38.1 Å². The number of hydrogen-bond acceptors (Lipinski definition) is 8. The molecule has 0 bridgehead atoms. The lowest BCUT2D eigenvalue weighted by Gasteiger charge is -2.32. The maximum absolute atomic E-state index is 13.4. The number of halogens is 2. The van der Waals surface area contributed by atoms with Gasteiger partial charge in [-0.2, -0.15) is 0 Å². The Balaban J connectivity index is 3.53. The van der Waals surface area contributed by atoms with Gasteiger partial charge in [-0.25, -0.2) is 0 Å². The first-order valence-corrected chi connectivity index (χ1v) is 13.4. The van der Waals surface area contributed by atoms with E-state index in [1.807, 2.05) is 6.92 Å². The van der Waals surface area contributed by atoms with Gasteiger partial charge in [-0.05, 0) is 65.7 Å². The Labute approximate surface area is 235 Å². The molecule has 38 heavy (non-hydrogen) atoms. The van der Waals surface area contributed by atoms with Crippen molar-refractivity contribution in [2.24, 2.45) is 5.92 Å². The van der Waals surface area contributed by atoms with Crippen molar-refractivity contribution in [2.45, 2.75) is 111 Å². The monoisotopic (exact) mass is 574 g/mol. The number of carbonyl (C=O) groups is 4. The van der Waals surface area contributed by atoms with Crippen LogP contribution < -0.4 is 0 Å². The fourth-order valence-corrected chi connectivity index (χ4v) is 3.76. The van der Waals surface area contributed by atoms with Gasteiger partial charge in [0.2, 0.25) is 0 Å². The zero-order chi connectivity index (χ0) is 29.5. The lowest BCUT2D eigenvalue weighted by atomic mass is 9.83. The van der Waals surface area contributed by atoms with Crippen molar-refractivity contribution in [1.29, 1.82) is 0 Å². The van der Waals surface area contributed by atoms with Gasteiger partial charge in [0, 0.05) is 25.7 Å². The smallest absolute Gasteiger partial charge is 0.321 e. The van der Waals surface area contributed by atoms with E-state index in [4.69, 9.17) is 42.1 Å². The van der Waals surface area contributed by atoms with Gasteiger partial charge in [0.15, 0.2) is 5.92 Å². The Hall–Kier alpha value is -2.32. The minimum Gasteiger partial charge on any atom is -0.459 e. The zero-order valence-electron chi connectivity index (χ0n) is 23.7. The van der Waals surface area contributed by atoms with Crippen LogP contribution in [0.1, 0.15) is 99.5 Å². The molecule has 1 aromatic rings. The number of ether oxygens (including phenoxy) is 4. The highest BCUT2D eigenvalue weighted by Crippen LogP contribution is 2.36. The van der Waals surface area contributed by atoms with Gasteiger partial charge in [-0.3, -0.25) is 19.2 Å². The van der Waals surface area contributed by atoms with Crippen molar-refractivity contribution in [1.82, 2.24) is 0 Å². The van der Waals surface area contributed by atoms with Crippen molar-refractivity contribution in [2.75, 3.05) is 0 Å². The van der Waals surface area contributed by atoms with Gasteiger partial charge in [0.25, 0.3) is 5.79 Å². The minimum atomic E-state index is -1.53. The Kier molecular flexibility index (Phi) is 12.1. The largest absolute Gasteiger partial charge is 0.459 e. The highest BCUT2D eigenvalue weighted by Gasteiger charge is 2.44. The molecule has 8 nitrogen and oxygen atoms in total. The van der Waals surface area contributed by atoms with E-state index in [0.29, 0.717) is 12.0 Å². The van der Waals surface area contributed by atoms with E-state index < -0.39 is 59.1 Å². The summed E-state index contributed by atoms with van der Waals surface area (Å²) in [4.78, 5) is 52.1. The molecule has 1 aromatic carbocycles. The maximum Gasteiger partial charge on any atom is 0.321 e. The van der Waals surface area contributed by atoms with E-state index in [-0.39, 0.29) is 22.9 Å². The third kappa shape index (κ3) is 11.2. The highest BCUT2D eigenvalue weighted by atomic mass is 35.5. The fourth-order valence-electron chi connectivity index (χ4n) is 3.45. The number of rotatable bonds is 11. The van der Waals surface area contributed by atoms with E-state index in [1.54, 1.807) is 54.5 Å². The van der Waals surface area contributed by atoms with Crippen LogP contribution in [0.4, 0.5) is 0 Å². The second-order valence-electron chi connectivity index (χ2n) is 11.2. The highest BCUT2D eigenvalue weighted by molar-refractivity contribution is 6.42. The summed E-state index contributed by atoms with van der Waals surface area (Å²) in [5, 5.41) is 0.422. The van der Waals surface area contributed by atoms with Crippen LogP contribution in [-0.4, -0.2) is 40.9 Å². The standard InChI is InChI=1S/C28H40Cl2O8/c1-10-12-21(31)35-28(9,11-2)36-22(32)16-18(17-13-14-19(29)20(30)15-17)23(24(33)37-26(3,4)5)25(34)38-27(6,7)8/h13-15,18,23H,10-12,16H2,1-9H3. The fraction of sp³-hybridized carbons (Fsp3) is 0.643. The number of esters is 4. The predicted octanol–water partition coefficient (Wildman–Crippen LogP) is 6.78. The molecule has 0 spiro atoms. The maximum atomic E-state index is 13.4. The summed E-state index contributed by atoms with van der Waals surface area (Å²) in [7, 11) is 0. The number of hydrogen-bond donors (Lipinski definition) is 0. The second-order valence-corrected chi connectivity index (χ2v) is 12.0. The molecule has 0 amide bonds. The molecule has 0 N–H and O–H groups in total. The Morgan fingerprint density at radius 1 is 0.763 bits per heavy atom. The molecule has 0 saturated heterocycles. The molecule has 0 saturated carbocycles. The Bertz CT molecular complexity index is 981. The van der Waals surface area contributed by atoms with Crippen LogP contribution in [0.3, 0.4) is 0 Å². The van der Waals surface area contributed by atoms with Crippen LogP contribution >= 0.6 is 23.2 Å². The molecule has 2 atom stereocenters. The lowest BCUT2D eigenvalue weighted by molar-refractivity contribution is -0.223. The molecule has 0 aliphatic rings. The Morgan fingerprint density at radius 2 is 1.26 bits per heavy atom. The quantitative estimate of drug-likeness (QED) is 0.123. The van der Waals surface area contributed by atoms with Crippen LogP contribution in [0.25, 0.3) is 0 Å². The van der Waals surface area contributed by atoms with Gasteiger partial charge in [0.1, 0.15) is 11.2 Å². The van der Waals surface area contributed by atoms with E-state index >= 15 is 0 Å². The van der Waals surface area contributed by atoms with Gasteiger partial charge in [0.05, 0.1) is 16.5 Å². The molecule has 0 heterocycles. The first kappa shape index (κ1) is 33.7. The SMILES string of the molecule is CCCC(=O)OC(C)(CC)OC(=O)CC(c1ccc(Cl)c(Cl)c1)C(C(=O)OC(C)(C)C)C(=O)OC(C)(C)C. The lowest BCUT2D eigenvalue weighted by Crippen LogP contribution is -2.41. The third-order valence-electron chi connectivity index (χ3n) is 5.24. The summed E-state index contributed by atoms with van der Waals surface area (Å²) in [5.74, 6) is -7.20. The average molecular weight is 576 g/mol. The summed E-state index contributed by atoms with van der Waals surface area (Å²) in [5.41, 5.74) is -1.47. The normalized spacial score (nSPS) is 14.3. The molecule has 10 heteroatoms. The predicted molar refractivity (Wildman–Crippen MR) is 145 cm³/mol. The van der Waals surface area contributed by atoms with Crippen molar-refractivity contribution in [3.05, 3.63) is 33.8 Å². The van der Waals surface area contributed by atoms with Crippen molar-refractivity contribution in [3.63, 3.8) is 0 Å². The molecule has 0 radical (unpaired) electrons. The summed E-state index contributed by atoms with van der Waals surface area (Å²) < 4.78 is 22.1. The number of carbonyl (C=O) groups excluding carboxylic acids is 4. The topological polar surface area (TPSA) is 105 Å². The van der Waals surface area contributed by atoms with E-state index in [2.05, 4.69) is 0 Å². The molecule has 214 valence electrons. The van der Waals surface area contributed by atoms with Gasteiger partial charge in [-0.15, -0.1) is 0 Å². The van der Waals surface area contributed by atoms with E-state index in [9.17, 15) is 19.2 Å². The molecule has 1 rings (SSSR count). The van der Waals surface area contributed by atoms with E-state index in [1.165, 1.54) is 19.1 Å². The first-order chi connectivity index (χ1) is 17.3. The minimum absolute atomic E-state index is 0.165. The van der Waals surface area contributed by atoms with Crippen LogP contribution in [0.5, 0.6) is 0 Å². The van der Waals surface area contributed by atoms with Crippen LogP contribution in [0.15, 0.2) is 18.2 Å². The molecule has 0 aromatic heterocycles.